The van der Waals surface area contributed by atoms with Gasteiger partial charge in [-0.15, -0.1) is 5.10 Å². The van der Waals surface area contributed by atoms with Crippen molar-refractivity contribution in [1.82, 2.24) is 29.9 Å². The van der Waals surface area contributed by atoms with E-state index in [1.807, 2.05) is 12.1 Å². The number of rotatable bonds is 8. The topological polar surface area (TPSA) is 117 Å². The molecule has 1 aromatic carbocycles. The van der Waals surface area contributed by atoms with Gasteiger partial charge in [-0.2, -0.15) is 15.3 Å². The number of hydrogen-bond donors (Lipinski definition) is 2. The van der Waals surface area contributed by atoms with Crippen molar-refractivity contribution in [3.63, 3.8) is 0 Å². The maximum Gasteiger partial charge on any atom is 0.256 e. The number of aromatic nitrogens is 6. The normalized spacial score (nSPS) is 11.0. The second-order valence-corrected chi connectivity index (χ2v) is 6.30. The summed E-state index contributed by atoms with van der Waals surface area (Å²) in [5.41, 5.74) is 2.38. The third-order valence-corrected chi connectivity index (χ3v) is 4.26. The second-order valence-electron chi connectivity index (χ2n) is 6.30. The van der Waals surface area contributed by atoms with Gasteiger partial charge in [-0.05, 0) is 11.6 Å². The van der Waals surface area contributed by atoms with E-state index in [1.165, 1.54) is 6.20 Å². The summed E-state index contributed by atoms with van der Waals surface area (Å²) < 4.78 is 31.5. The van der Waals surface area contributed by atoms with E-state index in [2.05, 4.69) is 36.7 Å². The highest BCUT2D eigenvalue weighted by Crippen LogP contribution is 2.24. The lowest BCUT2D eigenvalue weighted by Gasteiger charge is -2.08. The van der Waals surface area contributed by atoms with Crippen LogP contribution in [0, 0.1) is 11.3 Å². The average molecular weight is 410 g/mol. The number of benzene rings is 1. The average Bonchev–Trinajstić information content (AvgIpc) is 3.35. The van der Waals surface area contributed by atoms with E-state index in [4.69, 9.17) is 4.74 Å². The molecule has 0 unspecified atom stereocenters. The lowest BCUT2D eigenvalue weighted by Crippen LogP contribution is -2.06. The van der Waals surface area contributed by atoms with Gasteiger partial charge in [0.2, 0.25) is 12.4 Å². The number of alkyl halides is 2. The van der Waals surface area contributed by atoms with Gasteiger partial charge in [-0.25, -0.2) is 18.4 Å². The van der Waals surface area contributed by atoms with Crippen molar-refractivity contribution in [3.8, 4) is 11.9 Å². The van der Waals surface area contributed by atoms with Gasteiger partial charge in [0, 0.05) is 18.8 Å². The maximum atomic E-state index is 12.3. The van der Waals surface area contributed by atoms with Gasteiger partial charge in [0.15, 0.2) is 5.65 Å². The first-order chi connectivity index (χ1) is 14.6. The van der Waals surface area contributed by atoms with Crippen molar-refractivity contribution >= 4 is 22.7 Å². The standard InChI is InChI=1S/C19H16F2N8O/c20-16(21)5-6-30-18-15(10-24-28-18)26-19-23-8-14-9-25-29(17(14)27-19)11-13-4-2-1-3-12(13)7-22/h1-4,8-10,16H,5-6,11H2,(H,24,28)(H,23,26,27). The van der Waals surface area contributed by atoms with E-state index in [1.54, 1.807) is 29.2 Å². The Bertz CT molecular complexity index is 1200. The zero-order valence-corrected chi connectivity index (χ0v) is 15.6. The fourth-order valence-corrected chi connectivity index (χ4v) is 2.81. The van der Waals surface area contributed by atoms with Crippen LogP contribution in [-0.4, -0.2) is 43.0 Å². The Morgan fingerprint density at radius 1 is 1.27 bits per heavy atom. The number of nitrogens with zero attached hydrogens (tertiary/aromatic N) is 6. The Morgan fingerprint density at radius 2 is 2.13 bits per heavy atom. The molecule has 2 N–H and O–H groups in total. The van der Waals surface area contributed by atoms with Gasteiger partial charge in [0.1, 0.15) is 5.69 Å². The summed E-state index contributed by atoms with van der Waals surface area (Å²) in [7, 11) is 0. The van der Waals surface area contributed by atoms with E-state index in [9.17, 15) is 14.0 Å². The molecule has 0 spiro atoms. The smallest absolute Gasteiger partial charge is 0.256 e. The number of H-pyrrole nitrogens is 1. The van der Waals surface area contributed by atoms with Crippen molar-refractivity contribution in [1.29, 1.82) is 5.26 Å². The number of hydrogen-bond acceptors (Lipinski definition) is 7. The fraction of sp³-hybridized carbons (Fsp3) is 0.211. The molecule has 0 aliphatic rings. The highest BCUT2D eigenvalue weighted by atomic mass is 19.3. The Morgan fingerprint density at radius 3 is 2.97 bits per heavy atom. The molecule has 0 amide bonds. The predicted octanol–water partition coefficient (Wildman–Crippen LogP) is 3.25. The molecule has 3 heterocycles. The zero-order valence-electron chi connectivity index (χ0n) is 15.6. The van der Waals surface area contributed by atoms with Crippen molar-refractivity contribution in [2.75, 3.05) is 11.9 Å². The van der Waals surface area contributed by atoms with E-state index in [0.717, 1.165) is 10.9 Å². The summed E-state index contributed by atoms with van der Waals surface area (Å²) in [5.74, 6) is 0.411. The number of aromatic amines is 1. The van der Waals surface area contributed by atoms with E-state index < -0.39 is 12.8 Å². The molecule has 0 atom stereocenters. The molecule has 0 saturated carbocycles. The molecule has 152 valence electrons. The molecule has 0 aliphatic heterocycles. The number of ether oxygens (including phenoxy) is 1. The van der Waals surface area contributed by atoms with Crippen LogP contribution in [0.5, 0.6) is 5.88 Å². The molecule has 11 heteroatoms. The lowest BCUT2D eigenvalue weighted by molar-refractivity contribution is 0.113. The van der Waals surface area contributed by atoms with E-state index in [0.29, 0.717) is 23.4 Å². The quantitative estimate of drug-likeness (QED) is 0.458. The Hall–Kier alpha value is -4.07. The fourth-order valence-electron chi connectivity index (χ4n) is 2.81. The van der Waals surface area contributed by atoms with Crippen molar-refractivity contribution in [2.45, 2.75) is 19.4 Å². The first-order valence-electron chi connectivity index (χ1n) is 9.02. The summed E-state index contributed by atoms with van der Waals surface area (Å²) in [6, 6.07) is 9.44. The first-order valence-corrected chi connectivity index (χ1v) is 9.02. The summed E-state index contributed by atoms with van der Waals surface area (Å²) in [6.45, 7) is 0.208. The number of anilines is 2. The first kappa shape index (κ1) is 19.3. The Labute approximate surface area is 169 Å². The van der Waals surface area contributed by atoms with Crippen LogP contribution in [-0.2, 0) is 6.54 Å². The monoisotopic (exact) mass is 410 g/mol. The Kier molecular flexibility index (Phi) is 5.47. The van der Waals surface area contributed by atoms with Gasteiger partial charge < -0.3 is 10.1 Å². The van der Waals surface area contributed by atoms with Crippen LogP contribution in [0.1, 0.15) is 17.5 Å². The highest BCUT2D eigenvalue weighted by molar-refractivity contribution is 5.75. The lowest BCUT2D eigenvalue weighted by atomic mass is 10.1. The van der Waals surface area contributed by atoms with Crippen molar-refractivity contribution < 1.29 is 13.5 Å². The highest BCUT2D eigenvalue weighted by Gasteiger charge is 2.13. The van der Waals surface area contributed by atoms with Gasteiger partial charge in [0.25, 0.3) is 5.88 Å². The molecule has 4 rings (SSSR count). The molecule has 0 aliphatic carbocycles. The van der Waals surface area contributed by atoms with Gasteiger partial charge >= 0.3 is 0 Å². The minimum Gasteiger partial charge on any atom is -0.475 e. The molecule has 0 radical (unpaired) electrons. The molecule has 0 saturated heterocycles. The minimum absolute atomic E-state index is 0.149. The molecule has 3 aromatic heterocycles. The molecular formula is C19H16F2N8O. The van der Waals surface area contributed by atoms with E-state index in [-0.39, 0.29) is 18.4 Å². The summed E-state index contributed by atoms with van der Waals surface area (Å²) in [4.78, 5) is 8.73. The number of nitrogens with one attached hydrogen (secondary N) is 2. The SMILES string of the molecule is N#Cc1ccccc1Cn1ncc2cnc(Nc3c[nH]nc3OCCC(F)F)nc21. The van der Waals surface area contributed by atoms with Crippen LogP contribution >= 0.6 is 0 Å². The van der Waals surface area contributed by atoms with Crippen molar-refractivity contribution in [3.05, 3.63) is 54.0 Å². The summed E-state index contributed by atoms with van der Waals surface area (Å²) in [5, 5.41) is 23.8. The largest absolute Gasteiger partial charge is 0.475 e. The van der Waals surface area contributed by atoms with Crippen LogP contribution in [0.2, 0.25) is 0 Å². The zero-order chi connectivity index (χ0) is 20.9. The molecule has 30 heavy (non-hydrogen) atoms. The number of halogens is 2. The number of fused-ring (bicyclic) bond motifs is 1. The van der Waals surface area contributed by atoms with Crippen LogP contribution < -0.4 is 10.1 Å². The minimum atomic E-state index is -2.45. The van der Waals surface area contributed by atoms with Crippen LogP contribution in [0.3, 0.4) is 0 Å². The van der Waals surface area contributed by atoms with Gasteiger partial charge in [-0.1, -0.05) is 18.2 Å². The van der Waals surface area contributed by atoms with Gasteiger partial charge in [-0.3, -0.25) is 5.10 Å². The summed E-state index contributed by atoms with van der Waals surface area (Å²) >= 11 is 0. The maximum absolute atomic E-state index is 12.3. The van der Waals surface area contributed by atoms with Crippen LogP contribution in [0.25, 0.3) is 11.0 Å². The third kappa shape index (κ3) is 4.17. The molecule has 0 bridgehead atoms. The van der Waals surface area contributed by atoms with Crippen molar-refractivity contribution in [2.24, 2.45) is 0 Å². The van der Waals surface area contributed by atoms with E-state index >= 15 is 0 Å². The molecule has 4 aromatic rings. The Balaban J connectivity index is 1.55. The number of nitriles is 1. The van der Waals surface area contributed by atoms with Gasteiger partial charge in [0.05, 0.1) is 36.4 Å². The van der Waals surface area contributed by atoms with Crippen LogP contribution in [0.15, 0.2) is 42.9 Å². The summed E-state index contributed by atoms with van der Waals surface area (Å²) in [6.07, 6.45) is 1.94. The van der Waals surface area contributed by atoms with Crippen LogP contribution in [0.4, 0.5) is 20.4 Å². The predicted molar refractivity (Wildman–Crippen MR) is 104 cm³/mol. The molecular weight excluding hydrogens is 394 g/mol. The second kappa shape index (κ2) is 8.52. The molecule has 0 fully saturated rings. The third-order valence-electron chi connectivity index (χ3n) is 4.26. The molecule has 9 nitrogen and oxygen atoms in total.